The van der Waals surface area contributed by atoms with Gasteiger partial charge in [0.2, 0.25) is 0 Å². The summed E-state index contributed by atoms with van der Waals surface area (Å²) in [6.07, 6.45) is 3.67. The van der Waals surface area contributed by atoms with Crippen molar-refractivity contribution >= 4 is 23.2 Å². The highest BCUT2D eigenvalue weighted by molar-refractivity contribution is 5.95. The second-order valence-electron chi connectivity index (χ2n) is 6.04. The molecule has 0 saturated carbocycles. The number of nitrogens with zero attached hydrogens (tertiary/aromatic N) is 2. The standard InChI is InChI=1S/C21H20N4O2/c1-15(26)17-8-5-9-18(12-17)25-20-14-23-19(13-24-20)21(27)22-11-10-16-6-3-2-4-7-16/h2-9,12-14H,10-11H2,1H3,(H,22,27)(H,24,25). The Labute approximate surface area is 157 Å². The Balaban J connectivity index is 1.55. The van der Waals surface area contributed by atoms with E-state index in [4.69, 9.17) is 0 Å². The van der Waals surface area contributed by atoms with Crippen molar-refractivity contribution in [1.82, 2.24) is 15.3 Å². The molecule has 3 aromatic rings. The molecule has 27 heavy (non-hydrogen) atoms. The first-order chi connectivity index (χ1) is 13.1. The quantitative estimate of drug-likeness (QED) is 0.631. The van der Waals surface area contributed by atoms with Crippen LogP contribution >= 0.6 is 0 Å². The number of amides is 1. The molecule has 0 aliphatic heterocycles. The maximum Gasteiger partial charge on any atom is 0.271 e. The molecule has 0 atom stereocenters. The fraction of sp³-hybridized carbons (Fsp3) is 0.143. The molecule has 0 unspecified atom stereocenters. The molecular weight excluding hydrogens is 340 g/mol. The van der Waals surface area contributed by atoms with E-state index in [-0.39, 0.29) is 17.4 Å². The number of anilines is 2. The minimum absolute atomic E-state index is 0.00717. The molecule has 2 aromatic carbocycles. The van der Waals surface area contributed by atoms with Crippen LogP contribution in [0.3, 0.4) is 0 Å². The number of rotatable bonds is 7. The molecule has 1 amide bonds. The van der Waals surface area contributed by atoms with Crippen molar-refractivity contribution in [3.05, 3.63) is 83.8 Å². The molecular formula is C21H20N4O2. The first kappa shape index (κ1) is 18.3. The third-order valence-corrected chi connectivity index (χ3v) is 3.97. The molecule has 0 bridgehead atoms. The second-order valence-corrected chi connectivity index (χ2v) is 6.04. The van der Waals surface area contributed by atoms with Gasteiger partial charge in [0.05, 0.1) is 12.4 Å². The van der Waals surface area contributed by atoms with Gasteiger partial charge in [-0.2, -0.15) is 0 Å². The molecule has 0 aliphatic rings. The van der Waals surface area contributed by atoms with E-state index in [9.17, 15) is 9.59 Å². The zero-order valence-electron chi connectivity index (χ0n) is 15.0. The van der Waals surface area contributed by atoms with E-state index < -0.39 is 0 Å². The zero-order valence-corrected chi connectivity index (χ0v) is 15.0. The molecule has 3 rings (SSSR count). The SMILES string of the molecule is CC(=O)c1cccc(Nc2cnc(C(=O)NCCc3ccccc3)cn2)c1. The van der Waals surface area contributed by atoms with Crippen LogP contribution < -0.4 is 10.6 Å². The average molecular weight is 360 g/mol. The molecule has 0 aliphatic carbocycles. The average Bonchev–Trinajstić information content (AvgIpc) is 2.69. The molecule has 0 radical (unpaired) electrons. The van der Waals surface area contributed by atoms with Crippen LogP contribution in [0.2, 0.25) is 0 Å². The summed E-state index contributed by atoms with van der Waals surface area (Å²) in [5, 5.41) is 5.91. The summed E-state index contributed by atoms with van der Waals surface area (Å²) >= 11 is 0. The number of carbonyl (C=O) groups excluding carboxylic acids is 2. The molecule has 0 spiro atoms. The summed E-state index contributed by atoms with van der Waals surface area (Å²) in [4.78, 5) is 32.0. The highest BCUT2D eigenvalue weighted by Crippen LogP contribution is 2.15. The number of Topliss-reactive ketones (excluding diaryl/α,β-unsaturated/α-hetero) is 1. The highest BCUT2D eigenvalue weighted by atomic mass is 16.1. The molecule has 6 nitrogen and oxygen atoms in total. The number of benzene rings is 2. The summed E-state index contributed by atoms with van der Waals surface area (Å²) < 4.78 is 0. The third kappa shape index (κ3) is 5.22. The van der Waals surface area contributed by atoms with Crippen LogP contribution in [-0.4, -0.2) is 28.2 Å². The monoisotopic (exact) mass is 360 g/mol. The maximum atomic E-state index is 12.2. The fourth-order valence-electron chi connectivity index (χ4n) is 2.53. The lowest BCUT2D eigenvalue weighted by atomic mass is 10.1. The zero-order chi connectivity index (χ0) is 19.1. The van der Waals surface area contributed by atoms with E-state index >= 15 is 0 Å². The Morgan fingerprint density at radius 3 is 2.48 bits per heavy atom. The Kier molecular flexibility index (Phi) is 5.89. The first-order valence-electron chi connectivity index (χ1n) is 8.64. The Morgan fingerprint density at radius 1 is 0.963 bits per heavy atom. The fourth-order valence-corrected chi connectivity index (χ4v) is 2.53. The molecule has 136 valence electrons. The van der Waals surface area contributed by atoms with Crippen molar-refractivity contribution in [3.63, 3.8) is 0 Å². The van der Waals surface area contributed by atoms with Gasteiger partial charge in [0.15, 0.2) is 5.78 Å². The molecule has 0 saturated heterocycles. The lowest BCUT2D eigenvalue weighted by molar-refractivity contribution is 0.0948. The van der Waals surface area contributed by atoms with E-state index in [1.807, 2.05) is 36.4 Å². The van der Waals surface area contributed by atoms with E-state index in [2.05, 4.69) is 20.6 Å². The van der Waals surface area contributed by atoms with E-state index in [1.54, 1.807) is 18.2 Å². The van der Waals surface area contributed by atoms with E-state index in [0.29, 0.717) is 17.9 Å². The first-order valence-corrected chi connectivity index (χ1v) is 8.64. The molecule has 6 heteroatoms. The van der Waals surface area contributed by atoms with E-state index in [0.717, 1.165) is 17.7 Å². The van der Waals surface area contributed by atoms with E-state index in [1.165, 1.54) is 19.3 Å². The summed E-state index contributed by atoms with van der Waals surface area (Å²) in [5.41, 5.74) is 2.77. The molecule has 2 N–H and O–H groups in total. The predicted molar refractivity (Wildman–Crippen MR) is 104 cm³/mol. The number of nitrogens with one attached hydrogen (secondary N) is 2. The molecule has 1 heterocycles. The van der Waals surface area contributed by atoms with Gasteiger partial charge in [-0.05, 0) is 31.0 Å². The summed E-state index contributed by atoms with van der Waals surface area (Å²) in [5.74, 6) is 0.229. The number of hydrogen-bond acceptors (Lipinski definition) is 5. The van der Waals surface area contributed by atoms with Gasteiger partial charge in [0, 0.05) is 17.8 Å². The van der Waals surface area contributed by atoms with Crippen LogP contribution in [0, 0.1) is 0 Å². The van der Waals surface area contributed by atoms with Crippen molar-refractivity contribution in [2.45, 2.75) is 13.3 Å². The third-order valence-electron chi connectivity index (χ3n) is 3.97. The van der Waals surface area contributed by atoms with Gasteiger partial charge < -0.3 is 10.6 Å². The Morgan fingerprint density at radius 2 is 1.78 bits per heavy atom. The van der Waals surface area contributed by atoms with Gasteiger partial charge in [-0.3, -0.25) is 9.59 Å². The number of aromatic nitrogens is 2. The second kappa shape index (κ2) is 8.71. The van der Waals surface area contributed by atoms with Crippen LogP contribution in [0.4, 0.5) is 11.5 Å². The summed E-state index contributed by atoms with van der Waals surface area (Å²) in [6.45, 7) is 2.05. The lowest BCUT2D eigenvalue weighted by Crippen LogP contribution is -2.26. The van der Waals surface area contributed by atoms with Gasteiger partial charge in [0.25, 0.3) is 5.91 Å². The molecule has 0 fully saturated rings. The van der Waals surface area contributed by atoms with Crippen molar-refractivity contribution in [3.8, 4) is 0 Å². The number of carbonyl (C=O) groups is 2. The van der Waals surface area contributed by atoms with Gasteiger partial charge in [-0.1, -0.05) is 42.5 Å². The predicted octanol–water partition coefficient (Wildman–Crippen LogP) is 3.40. The topological polar surface area (TPSA) is 84.0 Å². The maximum absolute atomic E-state index is 12.2. The number of ketones is 1. The minimum atomic E-state index is -0.261. The largest absolute Gasteiger partial charge is 0.350 e. The van der Waals surface area contributed by atoms with Crippen LogP contribution in [-0.2, 0) is 6.42 Å². The lowest BCUT2D eigenvalue weighted by Gasteiger charge is -2.08. The van der Waals surface area contributed by atoms with Crippen LogP contribution in [0.1, 0.15) is 33.3 Å². The smallest absolute Gasteiger partial charge is 0.271 e. The van der Waals surface area contributed by atoms with Crippen molar-refractivity contribution in [2.24, 2.45) is 0 Å². The highest BCUT2D eigenvalue weighted by Gasteiger charge is 2.08. The van der Waals surface area contributed by atoms with Gasteiger partial charge in [-0.25, -0.2) is 9.97 Å². The normalized spacial score (nSPS) is 10.3. The summed E-state index contributed by atoms with van der Waals surface area (Å²) in [7, 11) is 0. The van der Waals surface area contributed by atoms with Crippen molar-refractivity contribution in [2.75, 3.05) is 11.9 Å². The van der Waals surface area contributed by atoms with Crippen LogP contribution in [0.15, 0.2) is 67.0 Å². The van der Waals surface area contributed by atoms with Crippen LogP contribution in [0.25, 0.3) is 0 Å². The van der Waals surface area contributed by atoms with Gasteiger partial charge in [0.1, 0.15) is 11.5 Å². The Bertz CT molecular complexity index is 924. The summed E-state index contributed by atoms with van der Waals surface area (Å²) in [6, 6.07) is 17.1. The van der Waals surface area contributed by atoms with Crippen molar-refractivity contribution < 1.29 is 9.59 Å². The molecule has 1 aromatic heterocycles. The van der Waals surface area contributed by atoms with Crippen molar-refractivity contribution in [1.29, 1.82) is 0 Å². The van der Waals surface area contributed by atoms with Gasteiger partial charge in [-0.15, -0.1) is 0 Å². The van der Waals surface area contributed by atoms with Crippen LogP contribution in [0.5, 0.6) is 0 Å². The Hall–Kier alpha value is -3.54. The van der Waals surface area contributed by atoms with Gasteiger partial charge >= 0.3 is 0 Å². The minimum Gasteiger partial charge on any atom is -0.350 e. The number of hydrogen-bond donors (Lipinski definition) is 2.